The number of ether oxygens (including phenoxy) is 1. The molecule has 154 valence electrons. The summed E-state index contributed by atoms with van der Waals surface area (Å²) in [6.45, 7) is 0.209. The lowest BCUT2D eigenvalue weighted by Gasteiger charge is -2.28. The molecule has 0 aliphatic carbocycles. The topological polar surface area (TPSA) is 62.2 Å². The molecule has 2 aliphatic rings. The Morgan fingerprint density at radius 2 is 1.65 bits per heavy atom. The van der Waals surface area contributed by atoms with Gasteiger partial charge in [0, 0.05) is 6.42 Å². The average molecular weight is 411 g/mol. The number of ketones is 1. The Morgan fingerprint density at radius 1 is 0.935 bits per heavy atom. The number of Topliss-reactive ketones (excluding diaryl/α,β-unsaturated/α-hetero) is 1. The van der Waals surface area contributed by atoms with Crippen LogP contribution in [0.15, 0.2) is 84.0 Å². The molecule has 3 aromatic carbocycles. The molecule has 0 saturated carbocycles. The molecule has 0 radical (unpaired) electrons. The van der Waals surface area contributed by atoms with Gasteiger partial charge >= 0.3 is 5.91 Å². The van der Waals surface area contributed by atoms with Crippen LogP contribution >= 0.6 is 0 Å². The zero-order valence-corrected chi connectivity index (χ0v) is 17.1. The number of para-hydroxylation sites is 1. The maximum Gasteiger partial charge on any atom is 0.301 e. The van der Waals surface area contributed by atoms with E-state index < -0.39 is 11.7 Å². The molecular weight excluding hydrogens is 390 g/mol. The second kappa shape index (κ2) is 7.72. The minimum Gasteiger partial charge on any atom is -0.497 e. The first-order valence-corrected chi connectivity index (χ1v) is 10.1. The maximum absolute atomic E-state index is 12.7. The van der Waals surface area contributed by atoms with E-state index in [1.807, 2.05) is 53.5 Å². The van der Waals surface area contributed by atoms with E-state index in [0.717, 1.165) is 22.6 Å². The third-order valence-electron chi connectivity index (χ3n) is 5.77. The van der Waals surface area contributed by atoms with Gasteiger partial charge in [-0.3, -0.25) is 19.5 Å². The van der Waals surface area contributed by atoms with Gasteiger partial charge in [-0.1, -0.05) is 42.5 Å². The molecular formula is C25H21N3O3. The number of hydrogen-bond donors (Lipinski definition) is 0. The molecule has 0 bridgehead atoms. The van der Waals surface area contributed by atoms with Crippen molar-refractivity contribution in [2.45, 2.75) is 12.5 Å². The minimum absolute atomic E-state index is 0.0334. The molecule has 2 aliphatic heterocycles. The van der Waals surface area contributed by atoms with E-state index in [2.05, 4.69) is 12.1 Å². The molecule has 0 saturated heterocycles. The van der Waals surface area contributed by atoms with E-state index in [4.69, 9.17) is 9.84 Å². The molecule has 3 aromatic rings. The lowest BCUT2D eigenvalue weighted by Crippen LogP contribution is -2.39. The van der Waals surface area contributed by atoms with Gasteiger partial charge in [0.05, 0.1) is 30.1 Å². The Balaban J connectivity index is 1.49. The molecule has 6 nitrogen and oxygen atoms in total. The smallest absolute Gasteiger partial charge is 0.301 e. The summed E-state index contributed by atoms with van der Waals surface area (Å²) in [5.41, 5.74) is 4.14. The van der Waals surface area contributed by atoms with Crippen molar-refractivity contribution in [1.82, 2.24) is 5.01 Å². The molecule has 6 heteroatoms. The van der Waals surface area contributed by atoms with Gasteiger partial charge in [-0.25, -0.2) is 0 Å². The van der Waals surface area contributed by atoms with Crippen LogP contribution in [0.4, 0.5) is 5.69 Å². The summed E-state index contributed by atoms with van der Waals surface area (Å²) >= 11 is 0. The van der Waals surface area contributed by atoms with Crippen LogP contribution in [-0.4, -0.2) is 36.2 Å². The maximum atomic E-state index is 12.7. The molecule has 0 unspecified atom stereocenters. The third kappa shape index (κ3) is 3.36. The first-order valence-electron chi connectivity index (χ1n) is 10.1. The highest BCUT2D eigenvalue weighted by Crippen LogP contribution is 2.35. The molecule has 2 heterocycles. The summed E-state index contributed by atoms with van der Waals surface area (Å²) in [4.78, 5) is 26.6. The van der Waals surface area contributed by atoms with Crippen LogP contribution in [0.1, 0.15) is 33.9 Å². The van der Waals surface area contributed by atoms with Crippen LogP contribution in [0, 0.1) is 0 Å². The SMILES string of the molecule is COc1ccc(C2=NN(CN3C(=O)C(=O)c4ccccc43)[C@H](c3ccccc3)C2)cc1. The van der Waals surface area contributed by atoms with Crippen LogP contribution in [0.3, 0.4) is 0 Å². The Morgan fingerprint density at radius 3 is 2.39 bits per heavy atom. The monoisotopic (exact) mass is 411 g/mol. The normalized spacial score (nSPS) is 17.7. The second-order valence-corrected chi connectivity index (χ2v) is 7.57. The molecule has 0 fully saturated rings. The minimum atomic E-state index is -0.513. The van der Waals surface area contributed by atoms with Crippen molar-refractivity contribution < 1.29 is 14.3 Å². The van der Waals surface area contributed by atoms with Crippen LogP contribution in [-0.2, 0) is 4.79 Å². The van der Waals surface area contributed by atoms with Gasteiger partial charge in [-0.2, -0.15) is 5.10 Å². The van der Waals surface area contributed by atoms with E-state index in [0.29, 0.717) is 17.7 Å². The average Bonchev–Trinajstić information content (AvgIpc) is 3.35. The fraction of sp³-hybridized carbons (Fsp3) is 0.160. The highest BCUT2D eigenvalue weighted by Gasteiger charge is 2.39. The molecule has 31 heavy (non-hydrogen) atoms. The van der Waals surface area contributed by atoms with E-state index in [1.54, 1.807) is 25.3 Å². The van der Waals surface area contributed by atoms with Gasteiger partial charge in [0.25, 0.3) is 5.78 Å². The fourth-order valence-corrected chi connectivity index (χ4v) is 4.14. The van der Waals surface area contributed by atoms with Crippen molar-refractivity contribution in [3.05, 3.63) is 95.6 Å². The Hall–Kier alpha value is -3.93. The van der Waals surface area contributed by atoms with Gasteiger partial charge in [0.2, 0.25) is 0 Å². The number of fused-ring (bicyclic) bond motifs is 1. The fourth-order valence-electron chi connectivity index (χ4n) is 4.14. The molecule has 1 amide bonds. The van der Waals surface area contributed by atoms with Crippen LogP contribution in [0.2, 0.25) is 0 Å². The van der Waals surface area contributed by atoms with Crippen LogP contribution in [0.25, 0.3) is 0 Å². The van der Waals surface area contributed by atoms with E-state index in [-0.39, 0.29) is 12.7 Å². The van der Waals surface area contributed by atoms with Gasteiger partial charge < -0.3 is 4.74 Å². The number of hydrogen-bond acceptors (Lipinski definition) is 5. The van der Waals surface area contributed by atoms with Crippen molar-refractivity contribution in [2.75, 3.05) is 18.7 Å². The molecule has 0 N–H and O–H groups in total. The standard InChI is InChI=1S/C25H21N3O3/c1-31-19-13-11-17(12-14-19)21-15-23(18-7-3-2-4-8-18)28(26-21)16-27-22-10-6-5-9-20(22)24(29)25(27)30/h2-14,23H,15-16H2,1H3/t23-/m0/s1. The van der Waals surface area contributed by atoms with Crippen LogP contribution < -0.4 is 9.64 Å². The summed E-state index contributed by atoms with van der Waals surface area (Å²) in [5, 5.41) is 6.78. The number of carbonyl (C=O) groups excluding carboxylic acids is 2. The third-order valence-corrected chi connectivity index (χ3v) is 5.77. The Bertz CT molecular complexity index is 1170. The predicted molar refractivity (Wildman–Crippen MR) is 118 cm³/mol. The zero-order valence-electron chi connectivity index (χ0n) is 17.1. The van der Waals surface area contributed by atoms with Gasteiger partial charge in [-0.15, -0.1) is 0 Å². The first-order chi connectivity index (χ1) is 15.2. The summed E-state index contributed by atoms with van der Waals surface area (Å²) in [5.74, 6) is -0.192. The van der Waals surface area contributed by atoms with Gasteiger partial charge in [-0.05, 0) is 47.5 Å². The summed E-state index contributed by atoms with van der Waals surface area (Å²) in [6, 6.07) is 25.0. The number of anilines is 1. The number of methoxy groups -OCH3 is 1. The van der Waals surface area contributed by atoms with Crippen molar-refractivity contribution in [1.29, 1.82) is 0 Å². The first kappa shape index (κ1) is 19.1. The van der Waals surface area contributed by atoms with Crippen LogP contribution in [0.5, 0.6) is 5.75 Å². The number of benzene rings is 3. The largest absolute Gasteiger partial charge is 0.497 e. The lowest BCUT2D eigenvalue weighted by atomic mass is 9.98. The molecule has 5 rings (SSSR count). The molecule has 0 aromatic heterocycles. The van der Waals surface area contributed by atoms with Crippen molar-refractivity contribution >= 4 is 23.1 Å². The number of rotatable bonds is 5. The highest BCUT2D eigenvalue weighted by atomic mass is 16.5. The summed E-state index contributed by atoms with van der Waals surface area (Å²) in [7, 11) is 1.64. The number of amides is 1. The summed E-state index contributed by atoms with van der Waals surface area (Å²) in [6.07, 6.45) is 0.702. The quantitative estimate of drug-likeness (QED) is 0.595. The van der Waals surface area contributed by atoms with E-state index >= 15 is 0 Å². The Kier molecular flexibility index (Phi) is 4.75. The Labute approximate surface area is 180 Å². The molecule has 1 atom stereocenters. The number of hydrazone groups is 1. The van der Waals surface area contributed by atoms with Crippen molar-refractivity contribution in [3.63, 3.8) is 0 Å². The number of nitrogens with zero attached hydrogens (tertiary/aromatic N) is 3. The molecule has 0 spiro atoms. The van der Waals surface area contributed by atoms with Crippen molar-refractivity contribution in [3.8, 4) is 5.75 Å². The van der Waals surface area contributed by atoms with Gasteiger partial charge in [0.1, 0.15) is 12.4 Å². The van der Waals surface area contributed by atoms with Crippen molar-refractivity contribution in [2.24, 2.45) is 5.10 Å². The zero-order chi connectivity index (χ0) is 21.4. The predicted octanol–water partition coefficient (Wildman–Crippen LogP) is 4.03. The number of carbonyl (C=O) groups is 2. The highest BCUT2D eigenvalue weighted by molar-refractivity contribution is 6.52. The van der Waals surface area contributed by atoms with E-state index in [1.165, 1.54) is 4.90 Å². The van der Waals surface area contributed by atoms with E-state index in [9.17, 15) is 9.59 Å². The van der Waals surface area contributed by atoms with Gasteiger partial charge in [0.15, 0.2) is 0 Å². The lowest BCUT2D eigenvalue weighted by molar-refractivity contribution is -0.114. The summed E-state index contributed by atoms with van der Waals surface area (Å²) < 4.78 is 5.26. The second-order valence-electron chi connectivity index (χ2n) is 7.57.